The van der Waals surface area contributed by atoms with Gasteiger partial charge in [0.05, 0.1) is 7.11 Å². The molecule has 5 nitrogen and oxygen atoms in total. The predicted octanol–water partition coefficient (Wildman–Crippen LogP) is 3.50. The summed E-state index contributed by atoms with van der Waals surface area (Å²) in [7, 11) is 1.64. The van der Waals surface area contributed by atoms with Crippen molar-refractivity contribution in [3.8, 4) is 23.0 Å². The number of hydrogen-bond donors (Lipinski definition) is 0. The summed E-state index contributed by atoms with van der Waals surface area (Å²) in [5.74, 6) is 2.47. The molecule has 3 rings (SSSR count). The number of benzene rings is 2. The molecular weight excluding hydrogens is 296 g/mol. The summed E-state index contributed by atoms with van der Waals surface area (Å²) in [6.45, 7) is 3.70. The molecule has 1 heterocycles. The van der Waals surface area contributed by atoms with Crippen LogP contribution in [0.2, 0.25) is 0 Å². The van der Waals surface area contributed by atoms with E-state index in [1.807, 2.05) is 24.3 Å². The highest BCUT2D eigenvalue weighted by atomic mass is 16.7. The smallest absolute Gasteiger partial charge is 0.308 e. The molecule has 0 saturated heterocycles. The molecule has 0 spiro atoms. The summed E-state index contributed by atoms with van der Waals surface area (Å²) in [5, 5.41) is 0. The molecule has 0 bridgehead atoms. The zero-order valence-corrected chi connectivity index (χ0v) is 13.3. The van der Waals surface area contributed by atoms with Gasteiger partial charge in [-0.05, 0) is 23.8 Å². The quantitative estimate of drug-likeness (QED) is 0.638. The minimum absolute atomic E-state index is 0.0887. The fraction of sp³-hybridized carbons (Fsp3) is 0.278. The van der Waals surface area contributed by atoms with Crippen LogP contribution in [-0.2, 0) is 4.79 Å². The molecule has 0 fully saturated rings. The first-order valence-electron chi connectivity index (χ1n) is 7.34. The van der Waals surface area contributed by atoms with Gasteiger partial charge in [-0.1, -0.05) is 19.1 Å². The lowest BCUT2D eigenvalue weighted by molar-refractivity contribution is -0.131. The molecule has 0 aliphatic carbocycles. The lowest BCUT2D eigenvalue weighted by Gasteiger charge is -2.17. The number of ether oxygens (including phenoxy) is 4. The van der Waals surface area contributed by atoms with Crippen LogP contribution in [0.4, 0.5) is 0 Å². The largest absolute Gasteiger partial charge is 0.496 e. The Morgan fingerprint density at radius 3 is 2.39 bits per heavy atom. The second-order valence-corrected chi connectivity index (χ2v) is 5.33. The molecule has 0 saturated carbocycles. The molecule has 120 valence electrons. The van der Waals surface area contributed by atoms with Crippen molar-refractivity contribution in [1.82, 2.24) is 0 Å². The molecule has 2 aromatic carbocycles. The molecule has 1 atom stereocenters. The molecule has 23 heavy (non-hydrogen) atoms. The van der Waals surface area contributed by atoms with E-state index < -0.39 is 0 Å². The topological polar surface area (TPSA) is 54.0 Å². The Bertz CT molecular complexity index is 721. The van der Waals surface area contributed by atoms with Gasteiger partial charge in [-0.25, -0.2) is 0 Å². The molecule has 0 radical (unpaired) electrons. The second kappa shape index (κ2) is 6.20. The highest BCUT2D eigenvalue weighted by Gasteiger charge is 2.21. The van der Waals surface area contributed by atoms with Gasteiger partial charge in [-0.15, -0.1) is 0 Å². The number of methoxy groups -OCH3 is 1. The number of rotatable bonds is 4. The average Bonchev–Trinajstić information content (AvgIpc) is 3.00. The van der Waals surface area contributed by atoms with E-state index in [1.165, 1.54) is 6.92 Å². The molecule has 1 aliphatic heterocycles. The van der Waals surface area contributed by atoms with E-state index in [2.05, 4.69) is 6.92 Å². The lowest BCUT2D eigenvalue weighted by Crippen LogP contribution is -2.02. The van der Waals surface area contributed by atoms with Gasteiger partial charge in [0.1, 0.15) is 11.5 Å². The Kier molecular flexibility index (Phi) is 4.10. The first-order chi connectivity index (χ1) is 11.1. The normalized spacial score (nSPS) is 13.5. The van der Waals surface area contributed by atoms with Crippen molar-refractivity contribution >= 4 is 5.97 Å². The maximum Gasteiger partial charge on any atom is 0.308 e. The van der Waals surface area contributed by atoms with Crippen molar-refractivity contribution in [2.45, 2.75) is 19.8 Å². The molecule has 0 amide bonds. The van der Waals surface area contributed by atoms with Gasteiger partial charge in [0.25, 0.3) is 0 Å². The molecule has 1 unspecified atom stereocenters. The van der Waals surface area contributed by atoms with Gasteiger partial charge >= 0.3 is 5.97 Å². The molecule has 2 aromatic rings. The van der Waals surface area contributed by atoms with Crippen molar-refractivity contribution in [2.75, 3.05) is 13.9 Å². The molecular formula is C18H18O5. The Balaban J connectivity index is 1.90. The zero-order chi connectivity index (χ0) is 16.4. The van der Waals surface area contributed by atoms with Gasteiger partial charge in [0.2, 0.25) is 6.79 Å². The monoisotopic (exact) mass is 314 g/mol. The van der Waals surface area contributed by atoms with E-state index in [0.29, 0.717) is 11.5 Å². The van der Waals surface area contributed by atoms with Crippen LogP contribution in [0, 0.1) is 0 Å². The number of hydrogen-bond acceptors (Lipinski definition) is 5. The Hall–Kier alpha value is -2.69. The number of carbonyl (C=O) groups excluding carboxylic acids is 1. The summed E-state index contributed by atoms with van der Waals surface area (Å²) < 4.78 is 21.4. The van der Waals surface area contributed by atoms with E-state index >= 15 is 0 Å². The third kappa shape index (κ3) is 3.08. The highest BCUT2D eigenvalue weighted by Crippen LogP contribution is 2.42. The third-order valence-electron chi connectivity index (χ3n) is 3.83. The molecule has 1 aliphatic rings. The summed E-state index contributed by atoms with van der Waals surface area (Å²) in [4.78, 5) is 11.0. The number of fused-ring (bicyclic) bond motifs is 1. The third-order valence-corrected chi connectivity index (χ3v) is 3.83. The minimum atomic E-state index is -0.330. The summed E-state index contributed by atoms with van der Waals surface area (Å²) in [6.07, 6.45) is 0. The first kappa shape index (κ1) is 15.2. The Morgan fingerprint density at radius 2 is 1.78 bits per heavy atom. The van der Waals surface area contributed by atoms with E-state index in [1.54, 1.807) is 19.2 Å². The fourth-order valence-corrected chi connectivity index (χ4v) is 2.62. The molecule has 5 heteroatoms. The average molecular weight is 314 g/mol. The van der Waals surface area contributed by atoms with Gasteiger partial charge in [-0.2, -0.15) is 0 Å². The van der Waals surface area contributed by atoms with Crippen LogP contribution < -0.4 is 18.9 Å². The summed E-state index contributed by atoms with van der Waals surface area (Å²) >= 11 is 0. The first-order valence-corrected chi connectivity index (χ1v) is 7.34. The predicted molar refractivity (Wildman–Crippen MR) is 84.4 cm³/mol. The van der Waals surface area contributed by atoms with Gasteiger partial charge in [0, 0.05) is 24.5 Å². The SMILES string of the molecule is COc1cc2c(cc1C(C)c1ccc(OC(C)=O)cc1)OCO2. The summed E-state index contributed by atoms with van der Waals surface area (Å²) in [6, 6.07) is 11.2. The fourth-order valence-electron chi connectivity index (χ4n) is 2.62. The standard InChI is InChI=1S/C18H18O5/c1-11(13-4-6-14(7-5-13)23-12(2)19)15-8-17-18(22-10-21-17)9-16(15)20-3/h4-9,11H,10H2,1-3H3. The lowest BCUT2D eigenvalue weighted by atomic mass is 9.92. The van der Waals surface area contributed by atoms with Gasteiger partial charge < -0.3 is 18.9 Å². The zero-order valence-electron chi connectivity index (χ0n) is 13.3. The van der Waals surface area contributed by atoms with Crippen molar-refractivity contribution < 1.29 is 23.7 Å². The van der Waals surface area contributed by atoms with Gasteiger partial charge in [-0.3, -0.25) is 4.79 Å². The molecule has 0 aromatic heterocycles. The minimum Gasteiger partial charge on any atom is -0.496 e. The molecule has 0 N–H and O–H groups in total. The Morgan fingerprint density at radius 1 is 1.13 bits per heavy atom. The van der Waals surface area contributed by atoms with Crippen LogP contribution in [0.25, 0.3) is 0 Å². The van der Waals surface area contributed by atoms with Crippen LogP contribution in [0.1, 0.15) is 30.9 Å². The maximum atomic E-state index is 11.0. The van der Waals surface area contributed by atoms with Crippen LogP contribution in [0.5, 0.6) is 23.0 Å². The second-order valence-electron chi connectivity index (χ2n) is 5.33. The van der Waals surface area contributed by atoms with E-state index in [9.17, 15) is 4.79 Å². The maximum absolute atomic E-state index is 11.0. The number of carbonyl (C=O) groups is 1. The van der Waals surface area contributed by atoms with E-state index in [-0.39, 0.29) is 18.7 Å². The van der Waals surface area contributed by atoms with Crippen LogP contribution in [-0.4, -0.2) is 19.9 Å². The van der Waals surface area contributed by atoms with E-state index in [4.69, 9.17) is 18.9 Å². The van der Waals surface area contributed by atoms with Crippen LogP contribution in [0.15, 0.2) is 36.4 Å². The Labute approximate surface area is 134 Å². The van der Waals surface area contributed by atoms with Crippen molar-refractivity contribution in [1.29, 1.82) is 0 Å². The van der Waals surface area contributed by atoms with Crippen molar-refractivity contribution in [3.05, 3.63) is 47.5 Å². The van der Waals surface area contributed by atoms with Crippen LogP contribution in [0.3, 0.4) is 0 Å². The van der Waals surface area contributed by atoms with Crippen molar-refractivity contribution in [2.24, 2.45) is 0 Å². The van der Waals surface area contributed by atoms with Crippen LogP contribution >= 0.6 is 0 Å². The summed E-state index contributed by atoms with van der Waals surface area (Å²) in [5.41, 5.74) is 2.09. The van der Waals surface area contributed by atoms with Crippen molar-refractivity contribution in [3.63, 3.8) is 0 Å². The highest BCUT2D eigenvalue weighted by molar-refractivity contribution is 5.69. The number of esters is 1. The van der Waals surface area contributed by atoms with E-state index in [0.717, 1.165) is 22.6 Å². The van der Waals surface area contributed by atoms with Gasteiger partial charge in [0.15, 0.2) is 11.5 Å².